The van der Waals surface area contributed by atoms with E-state index >= 15 is 0 Å². The van der Waals surface area contributed by atoms with Gasteiger partial charge in [-0.2, -0.15) is 0 Å². The molecule has 1 N–H and O–H groups in total. The number of nitrogens with zero attached hydrogens (tertiary/aromatic N) is 1. The molecule has 0 spiro atoms. The average molecular weight is 440 g/mol. The molecule has 0 fully saturated rings. The monoisotopic (exact) mass is 439 g/mol. The molecule has 0 saturated carbocycles. The highest BCUT2D eigenvalue weighted by Gasteiger charge is 2.51. The first-order valence-corrected chi connectivity index (χ1v) is 9.73. The molecular weight excluding hydrogens is 422 g/mol. The van der Waals surface area contributed by atoms with E-state index in [1.54, 1.807) is 23.1 Å². The molecule has 142 valence electrons. The number of Topliss-reactive ketones (excluding diaryl/α,β-unsaturated/α-hetero) is 1. The largest absolute Gasteiger partial charge is 0.461 e. The van der Waals surface area contributed by atoms with Gasteiger partial charge in [-0.15, -0.1) is 0 Å². The molecule has 1 amide bonds. The van der Waals surface area contributed by atoms with Gasteiger partial charge in [0.25, 0.3) is 5.91 Å². The Bertz CT molecular complexity index is 1020. The van der Waals surface area contributed by atoms with Crippen LogP contribution >= 0.6 is 15.9 Å². The zero-order valence-electron chi connectivity index (χ0n) is 15.0. The summed E-state index contributed by atoms with van der Waals surface area (Å²) in [6, 6.07) is 18.3. The molecular formula is C22H18BrNO4. The Balaban J connectivity index is 1.65. The van der Waals surface area contributed by atoms with E-state index in [9.17, 15) is 14.7 Å². The highest BCUT2D eigenvalue weighted by Crippen LogP contribution is 2.44. The lowest BCUT2D eigenvalue weighted by Gasteiger charge is -2.22. The van der Waals surface area contributed by atoms with Crippen molar-refractivity contribution in [1.29, 1.82) is 0 Å². The Hall–Kier alpha value is -2.70. The SMILES string of the molecule is O=C(C[C@]1(O)C(=O)N(CCc2ccccc2)c2ccc(Br)cc21)c1ccco1. The van der Waals surface area contributed by atoms with E-state index < -0.39 is 17.3 Å². The van der Waals surface area contributed by atoms with Gasteiger partial charge in [-0.25, -0.2) is 0 Å². The van der Waals surface area contributed by atoms with Gasteiger partial charge >= 0.3 is 0 Å². The third kappa shape index (κ3) is 3.30. The number of carbonyl (C=O) groups is 2. The number of benzene rings is 2. The van der Waals surface area contributed by atoms with Gasteiger partial charge in [0, 0.05) is 16.6 Å². The van der Waals surface area contributed by atoms with Crippen LogP contribution in [-0.2, 0) is 16.8 Å². The Labute approximate surface area is 170 Å². The molecule has 5 nitrogen and oxygen atoms in total. The highest BCUT2D eigenvalue weighted by molar-refractivity contribution is 9.10. The summed E-state index contributed by atoms with van der Waals surface area (Å²) >= 11 is 3.39. The van der Waals surface area contributed by atoms with Crippen molar-refractivity contribution in [2.45, 2.75) is 18.4 Å². The number of carbonyl (C=O) groups excluding carboxylic acids is 2. The van der Waals surface area contributed by atoms with Crippen LogP contribution in [0.3, 0.4) is 0 Å². The van der Waals surface area contributed by atoms with Crippen LogP contribution in [0.1, 0.15) is 28.1 Å². The molecule has 0 unspecified atom stereocenters. The fraction of sp³-hybridized carbons (Fsp3) is 0.182. The number of fused-ring (bicyclic) bond motifs is 1. The van der Waals surface area contributed by atoms with Crippen LogP contribution in [0.4, 0.5) is 5.69 Å². The Morgan fingerprint density at radius 1 is 1.11 bits per heavy atom. The van der Waals surface area contributed by atoms with E-state index in [4.69, 9.17) is 4.42 Å². The van der Waals surface area contributed by atoms with E-state index in [1.165, 1.54) is 12.3 Å². The average Bonchev–Trinajstić information content (AvgIpc) is 3.30. The summed E-state index contributed by atoms with van der Waals surface area (Å²) in [5.41, 5.74) is 0.231. The number of anilines is 1. The lowest BCUT2D eigenvalue weighted by molar-refractivity contribution is -0.135. The van der Waals surface area contributed by atoms with Crippen LogP contribution in [0.5, 0.6) is 0 Å². The van der Waals surface area contributed by atoms with Gasteiger partial charge in [0.15, 0.2) is 11.4 Å². The van der Waals surface area contributed by atoms with Gasteiger partial charge in [-0.3, -0.25) is 9.59 Å². The number of aliphatic hydroxyl groups is 1. The predicted octanol–water partition coefficient (Wildman–Crippen LogP) is 4.09. The molecule has 28 heavy (non-hydrogen) atoms. The van der Waals surface area contributed by atoms with Crippen molar-refractivity contribution < 1.29 is 19.1 Å². The predicted molar refractivity (Wildman–Crippen MR) is 108 cm³/mol. The second-order valence-electron chi connectivity index (χ2n) is 6.79. The summed E-state index contributed by atoms with van der Waals surface area (Å²) in [6.07, 6.45) is 1.67. The van der Waals surface area contributed by atoms with Crippen molar-refractivity contribution in [3.63, 3.8) is 0 Å². The first kappa shape index (κ1) is 18.7. The van der Waals surface area contributed by atoms with Crippen molar-refractivity contribution in [1.82, 2.24) is 0 Å². The van der Waals surface area contributed by atoms with Crippen molar-refractivity contribution in [3.05, 3.63) is 88.3 Å². The Kier molecular flexibility index (Phi) is 4.91. The summed E-state index contributed by atoms with van der Waals surface area (Å²) < 4.78 is 5.86. The number of hydrogen-bond acceptors (Lipinski definition) is 4. The third-order valence-corrected chi connectivity index (χ3v) is 5.47. The molecule has 0 aliphatic carbocycles. The van der Waals surface area contributed by atoms with Crippen molar-refractivity contribution in [3.8, 4) is 0 Å². The fourth-order valence-corrected chi connectivity index (χ4v) is 3.92. The molecule has 0 radical (unpaired) electrons. The summed E-state index contributed by atoms with van der Waals surface area (Å²) in [7, 11) is 0. The third-order valence-electron chi connectivity index (χ3n) is 4.97. The molecule has 0 saturated heterocycles. The van der Waals surface area contributed by atoms with Gasteiger partial charge in [0.1, 0.15) is 0 Å². The molecule has 1 aliphatic heterocycles. The fourth-order valence-electron chi connectivity index (χ4n) is 3.56. The molecule has 2 heterocycles. The molecule has 4 rings (SSSR count). The van der Waals surface area contributed by atoms with E-state index in [1.807, 2.05) is 36.4 Å². The summed E-state index contributed by atoms with van der Waals surface area (Å²) in [4.78, 5) is 27.3. The lowest BCUT2D eigenvalue weighted by Crippen LogP contribution is -2.42. The molecule has 1 aliphatic rings. The number of ketones is 1. The summed E-state index contributed by atoms with van der Waals surface area (Å²) in [5.74, 6) is -0.784. The summed E-state index contributed by atoms with van der Waals surface area (Å²) in [5, 5.41) is 11.3. The number of hydrogen-bond donors (Lipinski definition) is 1. The van der Waals surface area contributed by atoms with Crippen LogP contribution < -0.4 is 4.90 Å². The smallest absolute Gasteiger partial charge is 0.264 e. The Morgan fingerprint density at radius 2 is 1.89 bits per heavy atom. The molecule has 6 heteroatoms. The first-order chi connectivity index (χ1) is 13.5. The minimum Gasteiger partial charge on any atom is -0.461 e. The molecule has 1 aromatic heterocycles. The summed E-state index contributed by atoms with van der Waals surface area (Å²) in [6.45, 7) is 0.411. The molecule has 3 aromatic rings. The number of rotatable bonds is 6. The number of furan rings is 1. The highest BCUT2D eigenvalue weighted by atomic mass is 79.9. The molecule has 0 bridgehead atoms. The zero-order valence-corrected chi connectivity index (χ0v) is 16.6. The standard InChI is InChI=1S/C22H18BrNO4/c23-16-8-9-18-17(13-16)22(27,14-19(25)20-7-4-12-28-20)21(26)24(18)11-10-15-5-2-1-3-6-15/h1-9,12-13,27H,10-11,14H2/t22-/m1/s1. The van der Waals surface area contributed by atoms with Gasteiger partial charge in [-0.1, -0.05) is 46.3 Å². The maximum atomic E-state index is 13.2. The van der Waals surface area contributed by atoms with Crippen LogP contribution in [-0.4, -0.2) is 23.3 Å². The Morgan fingerprint density at radius 3 is 2.61 bits per heavy atom. The normalized spacial score (nSPS) is 18.4. The van der Waals surface area contributed by atoms with E-state index in [0.717, 1.165) is 10.0 Å². The number of halogens is 1. The minimum atomic E-state index is -1.92. The van der Waals surface area contributed by atoms with Crippen LogP contribution in [0.25, 0.3) is 0 Å². The quantitative estimate of drug-likeness (QED) is 0.587. The van der Waals surface area contributed by atoms with Gasteiger partial charge < -0.3 is 14.4 Å². The topological polar surface area (TPSA) is 70.8 Å². The van der Waals surface area contributed by atoms with Crippen LogP contribution in [0, 0.1) is 0 Å². The van der Waals surface area contributed by atoms with Crippen molar-refractivity contribution >= 4 is 33.3 Å². The van der Waals surface area contributed by atoms with Gasteiger partial charge in [0.05, 0.1) is 18.4 Å². The maximum Gasteiger partial charge on any atom is 0.264 e. The number of amides is 1. The van der Waals surface area contributed by atoms with Crippen molar-refractivity contribution in [2.75, 3.05) is 11.4 Å². The first-order valence-electron chi connectivity index (χ1n) is 8.94. The zero-order chi connectivity index (χ0) is 19.7. The second-order valence-corrected chi connectivity index (χ2v) is 7.71. The second kappa shape index (κ2) is 7.37. The minimum absolute atomic E-state index is 0.125. The molecule has 2 aromatic carbocycles. The van der Waals surface area contributed by atoms with E-state index in [2.05, 4.69) is 15.9 Å². The van der Waals surface area contributed by atoms with Crippen LogP contribution in [0.2, 0.25) is 0 Å². The van der Waals surface area contributed by atoms with E-state index in [-0.39, 0.29) is 12.2 Å². The lowest BCUT2D eigenvalue weighted by atomic mass is 9.89. The van der Waals surface area contributed by atoms with Gasteiger partial charge in [0.2, 0.25) is 5.78 Å². The van der Waals surface area contributed by atoms with Crippen molar-refractivity contribution in [2.24, 2.45) is 0 Å². The van der Waals surface area contributed by atoms with E-state index in [0.29, 0.717) is 24.2 Å². The molecule has 1 atom stereocenters. The maximum absolute atomic E-state index is 13.2. The van der Waals surface area contributed by atoms with Crippen LogP contribution in [0.15, 0.2) is 75.8 Å². The van der Waals surface area contributed by atoms with Gasteiger partial charge in [-0.05, 0) is 42.3 Å².